The van der Waals surface area contributed by atoms with E-state index in [0.29, 0.717) is 5.75 Å². The maximum Gasteiger partial charge on any atom is 0.320 e. The van der Waals surface area contributed by atoms with E-state index in [1.54, 1.807) is 0 Å². The van der Waals surface area contributed by atoms with Crippen molar-refractivity contribution in [3.8, 4) is 11.5 Å². The van der Waals surface area contributed by atoms with E-state index in [2.05, 4.69) is 0 Å². The van der Waals surface area contributed by atoms with Crippen LogP contribution in [0.2, 0.25) is 5.02 Å². The first kappa shape index (κ1) is 19.0. The number of aliphatic carboxylic acids is 1. The molecule has 3 aromatic rings. The number of carboxylic acid groups (broad SMARTS) is 1. The van der Waals surface area contributed by atoms with Gasteiger partial charge in [-0.25, -0.2) is 0 Å². The molecule has 0 radical (unpaired) electrons. The molecule has 5 heteroatoms. The molecule has 3 rings (SSSR count). The third-order valence-corrected chi connectivity index (χ3v) is 4.43. The van der Waals surface area contributed by atoms with Gasteiger partial charge in [0, 0.05) is 5.02 Å². The maximum atomic E-state index is 10.8. The number of carbonyl (C=O) groups is 1. The number of ether oxygens (including phenoxy) is 1. The molecule has 3 aromatic carbocycles. The molecule has 0 aliphatic carbocycles. The SMILES string of the molecule is NC(Cc1ccc(Oc2ccc(Cc3ccc(Cl)cc3)cc2)cc1)C(=O)O. The van der Waals surface area contributed by atoms with Crippen LogP contribution < -0.4 is 10.5 Å². The van der Waals surface area contributed by atoms with Crippen molar-refractivity contribution in [2.45, 2.75) is 18.9 Å². The third kappa shape index (κ3) is 5.58. The van der Waals surface area contributed by atoms with Gasteiger partial charge in [0.1, 0.15) is 17.5 Å². The Bertz CT molecular complexity index is 890. The van der Waals surface area contributed by atoms with Crippen molar-refractivity contribution in [1.29, 1.82) is 0 Å². The predicted molar refractivity (Wildman–Crippen MR) is 107 cm³/mol. The first-order chi connectivity index (χ1) is 13.0. The Balaban J connectivity index is 1.59. The average molecular weight is 382 g/mol. The van der Waals surface area contributed by atoms with Crippen molar-refractivity contribution in [3.05, 3.63) is 94.5 Å². The topological polar surface area (TPSA) is 72.5 Å². The van der Waals surface area contributed by atoms with Crippen molar-refractivity contribution in [2.75, 3.05) is 0 Å². The third-order valence-electron chi connectivity index (χ3n) is 4.18. The van der Waals surface area contributed by atoms with Crippen LogP contribution >= 0.6 is 11.6 Å². The Morgan fingerprint density at radius 1 is 0.852 bits per heavy atom. The minimum absolute atomic E-state index is 0.287. The van der Waals surface area contributed by atoms with Crippen molar-refractivity contribution >= 4 is 17.6 Å². The summed E-state index contributed by atoms with van der Waals surface area (Å²) in [6.45, 7) is 0. The molecule has 0 saturated carbocycles. The molecule has 0 saturated heterocycles. The summed E-state index contributed by atoms with van der Waals surface area (Å²) >= 11 is 5.91. The standard InChI is InChI=1S/C22H20ClNO3/c23-18-7-1-15(2-8-18)13-16-3-9-19(10-4-16)27-20-11-5-17(6-12-20)14-21(24)22(25)26/h1-12,21H,13-14,24H2,(H,25,26). The normalized spacial score (nSPS) is 11.8. The van der Waals surface area contributed by atoms with Crippen LogP contribution in [-0.2, 0) is 17.6 Å². The predicted octanol–water partition coefficient (Wildman–Crippen LogP) is 4.68. The molecule has 138 valence electrons. The highest BCUT2D eigenvalue weighted by Gasteiger charge is 2.11. The lowest BCUT2D eigenvalue weighted by atomic mass is 10.1. The number of nitrogens with two attached hydrogens (primary N) is 1. The molecule has 0 aliphatic heterocycles. The Morgan fingerprint density at radius 3 is 1.78 bits per heavy atom. The summed E-state index contributed by atoms with van der Waals surface area (Å²) < 4.78 is 5.84. The van der Waals surface area contributed by atoms with E-state index < -0.39 is 12.0 Å². The van der Waals surface area contributed by atoms with Crippen LogP contribution in [0.4, 0.5) is 0 Å². The van der Waals surface area contributed by atoms with Crippen LogP contribution in [0, 0.1) is 0 Å². The summed E-state index contributed by atoms with van der Waals surface area (Å²) in [5, 5.41) is 9.60. The summed E-state index contributed by atoms with van der Waals surface area (Å²) in [5.74, 6) is 0.423. The summed E-state index contributed by atoms with van der Waals surface area (Å²) in [5.41, 5.74) is 8.79. The van der Waals surface area contributed by atoms with Crippen molar-refractivity contribution < 1.29 is 14.6 Å². The van der Waals surface area contributed by atoms with Crippen molar-refractivity contribution in [1.82, 2.24) is 0 Å². The zero-order valence-electron chi connectivity index (χ0n) is 14.6. The highest BCUT2D eigenvalue weighted by atomic mass is 35.5. The Hall–Kier alpha value is -2.82. The van der Waals surface area contributed by atoms with Crippen molar-refractivity contribution in [3.63, 3.8) is 0 Å². The van der Waals surface area contributed by atoms with E-state index in [1.807, 2.05) is 72.8 Å². The van der Waals surface area contributed by atoms with E-state index in [-0.39, 0.29) is 6.42 Å². The smallest absolute Gasteiger partial charge is 0.320 e. The summed E-state index contributed by atoms with van der Waals surface area (Å²) in [7, 11) is 0. The van der Waals surface area contributed by atoms with Crippen LogP contribution in [-0.4, -0.2) is 17.1 Å². The largest absolute Gasteiger partial charge is 0.480 e. The summed E-state index contributed by atoms with van der Waals surface area (Å²) in [6.07, 6.45) is 1.12. The van der Waals surface area contributed by atoms with Crippen molar-refractivity contribution in [2.24, 2.45) is 5.73 Å². The fourth-order valence-electron chi connectivity index (χ4n) is 2.68. The van der Waals surface area contributed by atoms with Gasteiger partial charge in [-0.3, -0.25) is 4.79 Å². The number of benzene rings is 3. The van der Waals surface area contributed by atoms with Gasteiger partial charge in [0.15, 0.2) is 0 Å². The second kappa shape index (κ2) is 8.71. The lowest BCUT2D eigenvalue weighted by molar-refractivity contribution is -0.138. The summed E-state index contributed by atoms with van der Waals surface area (Å²) in [6, 6.07) is 22.1. The Morgan fingerprint density at radius 2 is 1.30 bits per heavy atom. The van der Waals surface area contributed by atoms with Gasteiger partial charge >= 0.3 is 5.97 Å². The molecule has 0 aliphatic rings. The minimum Gasteiger partial charge on any atom is -0.480 e. The van der Waals surface area contributed by atoms with E-state index >= 15 is 0 Å². The molecule has 3 N–H and O–H groups in total. The van der Waals surface area contributed by atoms with E-state index in [0.717, 1.165) is 22.8 Å². The number of halogens is 1. The summed E-state index contributed by atoms with van der Waals surface area (Å²) in [4.78, 5) is 10.8. The quantitative estimate of drug-likeness (QED) is 0.623. The monoisotopic (exact) mass is 381 g/mol. The van der Waals surface area contributed by atoms with Gasteiger partial charge in [-0.2, -0.15) is 0 Å². The van der Waals surface area contributed by atoms with E-state index in [4.69, 9.17) is 27.2 Å². The molecule has 0 bridgehead atoms. The van der Waals surface area contributed by atoms with Crippen LogP contribution in [0.1, 0.15) is 16.7 Å². The van der Waals surface area contributed by atoms with Gasteiger partial charge < -0.3 is 15.6 Å². The molecule has 0 heterocycles. The van der Waals surface area contributed by atoms with Gasteiger partial charge in [0.25, 0.3) is 0 Å². The number of carboxylic acids is 1. The lowest BCUT2D eigenvalue weighted by Gasteiger charge is -2.09. The molecule has 1 atom stereocenters. The molecule has 1 unspecified atom stereocenters. The molecule has 27 heavy (non-hydrogen) atoms. The van der Waals surface area contributed by atoms with E-state index in [1.165, 1.54) is 11.1 Å². The molecule has 4 nitrogen and oxygen atoms in total. The fraction of sp³-hybridized carbons (Fsp3) is 0.136. The van der Waals surface area contributed by atoms with Gasteiger partial charge in [-0.1, -0.05) is 48.0 Å². The van der Waals surface area contributed by atoms with Gasteiger partial charge in [0.05, 0.1) is 0 Å². The maximum absolute atomic E-state index is 10.8. The fourth-order valence-corrected chi connectivity index (χ4v) is 2.81. The average Bonchev–Trinajstić information content (AvgIpc) is 2.66. The first-order valence-corrected chi connectivity index (χ1v) is 8.96. The number of hydrogen-bond acceptors (Lipinski definition) is 3. The highest BCUT2D eigenvalue weighted by Crippen LogP contribution is 2.23. The molecular weight excluding hydrogens is 362 g/mol. The van der Waals surface area contributed by atoms with Gasteiger partial charge in [0.2, 0.25) is 0 Å². The number of hydrogen-bond donors (Lipinski definition) is 2. The van der Waals surface area contributed by atoms with E-state index in [9.17, 15) is 4.79 Å². The zero-order valence-corrected chi connectivity index (χ0v) is 15.4. The first-order valence-electron chi connectivity index (χ1n) is 8.58. The van der Waals surface area contributed by atoms with Gasteiger partial charge in [-0.15, -0.1) is 0 Å². The van der Waals surface area contributed by atoms with Crippen LogP contribution in [0.3, 0.4) is 0 Å². The molecule has 0 fully saturated rings. The molecule has 0 spiro atoms. The van der Waals surface area contributed by atoms with Crippen LogP contribution in [0.15, 0.2) is 72.8 Å². The highest BCUT2D eigenvalue weighted by molar-refractivity contribution is 6.30. The van der Waals surface area contributed by atoms with Crippen LogP contribution in [0.5, 0.6) is 11.5 Å². The molecular formula is C22H20ClNO3. The van der Waals surface area contributed by atoms with Gasteiger partial charge in [-0.05, 0) is 65.9 Å². The second-order valence-electron chi connectivity index (χ2n) is 6.34. The minimum atomic E-state index is -1.01. The molecule has 0 amide bonds. The lowest BCUT2D eigenvalue weighted by Crippen LogP contribution is -2.32. The van der Waals surface area contributed by atoms with Crippen LogP contribution in [0.25, 0.3) is 0 Å². The number of rotatable bonds is 7. The Labute approximate surface area is 163 Å². The Kier molecular flexibility index (Phi) is 6.12. The second-order valence-corrected chi connectivity index (χ2v) is 6.78. The zero-order chi connectivity index (χ0) is 19.2. The molecule has 0 aromatic heterocycles.